The first-order valence-corrected chi connectivity index (χ1v) is 45.2. The molecular weight excluding hydrogens is 1830 g/mol. The first-order chi connectivity index (χ1) is 66.2. The minimum Gasteiger partial charge on any atom is -0.481 e. The summed E-state index contributed by atoms with van der Waals surface area (Å²) in [5.74, 6) is -6.47. The summed E-state index contributed by atoms with van der Waals surface area (Å²) >= 11 is 5.68. The van der Waals surface area contributed by atoms with Crippen molar-refractivity contribution in [1.82, 2.24) is 68.5 Å². The molecule has 4 aliphatic carbocycles. The number of H-pyrrole nitrogens is 2. The Hall–Kier alpha value is -15.0. The second-order valence-electron chi connectivity index (χ2n) is 35.4. The van der Waals surface area contributed by atoms with Crippen LogP contribution >= 0.6 is 11.6 Å². The quantitative estimate of drug-likeness (QED) is 0.0171. The average molecular weight is 1930 g/mol. The number of alkyl halides is 3. The number of carboxylic acids is 3. The highest BCUT2D eigenvalue weighted by Crippen LogP contribution is 2.45. The summed E-state index contributed by atoms with van der Waals surface area (Å²) in [4.78, 5) is 139. The number of nitrogens with two attached hydrogens (primary N) is 3. The number of hydrogen-bond donors (Lipinski definition) is 8. The number of carboxylic acid groups (broad SMARTS) is 3. The van der Waals surface area contributed by atoms with Crippen molar-refractivity contribution >= 4 is 108 Å². The van der Waals surface area contributed by atoms with Gasteiger partial charge in [0.2, 0.25) is 0 Å². The topological polar surface area (TPSA) is 456 Å². The summed E-state index contributed by atoms with van der Waals surface area (Å²) in [6.07, 6.45) is 14.0. The molecule has 8 aromatic carbocycles. The summed E-state index contributed by atoms with van der Waals surface area (Å²) in [7, 11) is 0. The van der Waals surface area contributed by atoms with Crippen LogP contribution in [0, 0.1) is 52.9 Å². The number of imidazole rings is 2. The Labute approximate surface area is 796 Å². The van der Waals surface area contributed by atoms with Crippen LogP contribution in [0.1, 0.15) is 183 Å². The second-order valence-corrected chi connectivity index (χ2v) is 35.7. The summed E-state index contributed by atoms with van der Waals surface area (Å²) in [5.41, 5.74) is 21.4. The van der Waals surface area contributed by atoms with Crippen LogP contribution in [0.5, 0.6) is 0 Å². The molecule has 30 nitrogen and oxygen atoms in total. The molecule has 726 valence electrons. The minimum atomic E-state index is -5.08. The smallest absolute Gasteiger partial charge is 0.481 e. The third-order valence-corrected chi connectivity index (χ3v) is 23.8. The fourth-order valence-corrected chi connectivity index (χ4v) is 16.2. The molecule has 38 heteroatoms. The standard InChI is InChI=1S/C25H21FN6O.C25H27FN2O3.C19H18FN3O.C12H20O4.C7H6FNO2.C6H7N.C5H3ClN4.C2HF3O2/c26-18-10-5-11-19-21(18)25(33)32(16-8-2-1-3-9-16)24(31-19)17(15-6-4-7-15)12-20-22-23(29-13-27-20)30-14-28-22;1-25(2,3)31-21(29)15-18(16-9-7-10-16)23-27-20-14-8-13-19(26)22(20)24(30)28(23)17-11-5-4-6-12-17;20-14-10-5-11-15-16(14)19(24)23(13-8-2-1-3-9-13)18(22-15)17(21)12-6-4-7-12;1-12(2,3)16-10(13)7-9(11(14)15)8-5-4-6-8;8-4-2-1-3-5(9)6(4)7(10)11;7-6-4-2-1-3-5-6;6-4-3-5(9-1-7-3)10-2-8-4;3-2(4,5)1(6)7/h1-3,5,8-11,13-15,17H,4,6-7,12H2,(H,27,28,29,30);4-6,8,11-14,16,18H,7,9-10,15H2,1-3H3;1-3,5,8-12,17H,4,6-7,21H2;8-9H,4-7H2,1-3H3,(H,14,15);1-3H,9H2,(H,10,11);1-5H,7H2;1-2H,(H,7,8,9,10);(H,6,7)/t17-;18-;17-;9-;;;;/m0000..../s1. The Morgan fingerprint density at radius 1 is 0.453 bits per heavy atom. The summed E-state index contributed by atoms with van der Waals surface area (Å²) in [6.45, 7) is 10.8. The number of aromatic amines is 2. The van der Waals surface area contributed by atoms with Crippen molar-refractivity contribution in [3.05, 3.63) is 308 Å². The van der Waals surface area contributed by atoms with E-state index in [-0.39, 0.29) is 70.4 Å². The number of nitrogens with one attached hydrogen (secondary N) is 2. The van der Waals surface area contributed by atoms with Crippen molar-refractivity contribution in [3.63, 3.8) is 0 Å². The predicted octanol–water partition coefficient (Wildman–Crippen LogP) is 19.0. The summed E-state index contributed by atoms with van der Waals surface area (Å²) in [5, 5.41) is 25.0. The zero-order valence-electron chi connectivity index (χ0n) is 76.6. The number of aliphatic carboxylic acids is 2. The Balaban J connectivity index is 0.000000151. The molecule has 139 heavy (non-hydrogen) atoms. The van der Waals surface area contributed by atoms with E-state index in [0.717, 1.165) is 100 Å². The lowest BCUT2D eigenvalue weighted by Crippen LogP contribution is -2.34. The van der Waals surface area contributed by atoms with E-state index in [1.165, 1.54) is 58.4 Å². The molecule has 11 N–H and O–H groups in total. The molecule has 4 saturated carbocycles. The average Bonchev–Trinajstić information content (AvgIpc) is 0.828. The third-order valence-electron chi connectivity index (χ3n) is 23.6. The van der Waals surface area contributed by atoms with Crippen LogP contribution in [0.2, 0.25) is 5.15 Å². The van der Waals surface area contributed by atoms with Crippen molar-refractivity contribution in [1.29, 1.82) is 0 Å². The molecular formula is C101H103ClF7N17O13. The number of fused-ring (bicyclic) bond motifs is 5. The zero-order chi connectivity index (χ0) is 100. The van der Waals surface area contributed by atoms with Gasteiger partial charge in [0, 0.05) is 29.6 Å². The molecule has 7 heterocycles. The first-order valence-electron chi connectivity index (χ1n) is 44.8. The number of anilines is 2. The fourth-order valence-electron chi connectivity index (χ4n) is 16.0. The van der Waals surface area contributed by atoms with Crippen LogP contribution in [0.15, 0.2) is 234 Å². The fraction of sp³-hybridized carbons (Fsp3) is 0.317. The number of esters is 2. The van der Waals surface area contributed by atoms with Gasteiger partial charge in [-0.15, -0.1) is 0 Å². The van der Waals surface area contributed by atoms with Crippen LogP contribution in [-0.2, 0) is 35.1 Å². The van der Waals surface area contributed by atoms with Gasteiger partial charge in [-0.1, -0.05) is 134 Å². The number of halogens is 8. The van der Waals surface area contributed by atoms with Gasteiger partial charge >= 0.3 is 36.0 Å². The Bertz CT molecular complexity index is 7000. The van der Waals surface area contributed by atoms with E-state index in [0.29, 0.717) is 91.3 Å². The van der Waals surface area contributed by atoms with E-state index < -0.39 is 92.7 Å². The lowest BCUT2D eigenvalue weighted by Gasteiger charge is -2.34. The molecule has 0 saturated heterocycles. The number of ether oxygens (including phenoxy) is 2. The molecule has 0 bridgehead atoms. The van der Waals surface area contributed by atoms with Crippen molar-refractivity contribution in [2.45, 2.75) is 173 Å². The Kier molecular flexibility index (Phi) is 34.2. The number of carbonyl (C=O) groups excluding carboxylic acids is 2. The van der Waals surface area contributed by atoms with Crippen molar-refractivity contribution in [3.8, 4) is 17.1 Å². The number of aromatic carboxylic acids is 1. The highest BCUT2D eigenvalue weighted by molar-refractivity contribution is 6.33. The molecule has 0 unspecified atom stereocenters. The Morgan fingerprint density at radius 2 is 0.820 bits per heavy atom. The lowest BCUT2D eigenvalue weighted by atomic mass is 9.73. The highest BCUT2D eigenvalue weighted by Gasteiger charge is 2.41. The van der Waals surface area contributed by atoms with Gasteiger partial charge in [-0.25, -0.2) is 72.0 Å². The molecule has 4 atom stereocenters. The SMILES string of the molecule is CC(C)(C)OC(=O)C[C@H](C(=O)O)C1CCC1.CC(C)(C)OC(=O)C[C@H](c1nc2cccc(F)c2c(=O)n1-c1ccccc1)C1CCC1.Clc1ncnc2nc[nH]c12.N[C@H](c1nc2cccc(F)c2c(=O)n1-c1ccccc1)C1CCC1.Nc1cccc(F)c1C(=O)O.Nc1ccccc1.O=C(O)C(F)(F)F.O=c1c2c(F)cccc2nc([C@@H](Cc2ncnc3nc[nH]c23)C2CCC2)n1-c1ccccc1. The first kappa shape index (κ1) is 103. The molecule has 0 radical (unpaired) electrons. The van der Waals surface area contributed by atoms with Gasteiger partial charge < -0.3 is 52.0 Å². The van der Waals surface area contributed by atoms with Gasteiger partial charge in [0.15, 0.2) is 16.4 Å². The number of rotatable bonds is 18. The molecule has 0 spiro atoms. The van der Waals surface area contributed by atoms with Crippen LogP contribution < -0.4 is 33.9 Å². The number of nitrogens with zero attached hydrogens (tertiary/aromatic N) is 12. The van der Waals surface area contributed by atoms with Crippen molar-refractivity contribution in [2.24, 2.45) is 35.3 Å². The van der Waals surface area contributed by atoms with Crippen LogP contribution in [-0.4, -0.2) is 131 Å². The zero-order valence-corrected chi connectivity index (χ0v) is 77.3. The van der Waals surface area contributed by atoms with Crippen LogP contribution in [0.25, 0.3) is 72.1 Å². The number of hydrogen-bond acceptors (Lipinski definition) is 22. The van der Waals surface area contributed by atoms with Gasteiger partial charge in [-0.05, 0) is 214 Å². The highest BCUT2D eigenvalue weighted by atomic mass is 35.5. The minimum absolute atomic E-state index is 0.00271. The lowest BCUT2D eigenvalue weighted by molar-refractivity contribution is -0.192. The van der Waals surface area contributed by atoms with E-state index in [4.69, 9.17) is 68.4 Å². The molecule has 4 aliphatic rings. The molecule has 19 rings (SSSR count). The Morgan fingerprint density at radius 3 is 1.19 bits per heavy atom. The number of carbonyl (C=O) groups is 5. The number of nitrogen functional groups attached to an aromatic ring is 2. The maximum absolute atomic E-state index is 14.7. The van der Waals surface area contributed by atoms with Gasteiger partial charge in [0.05, 0.1) is 76.8 Å². The van der Waals surface area contributed by atoms with Crippen LogP contribution in [0.3, 0.4) is 0 Å². The summed E-state index contributed by atoms with van der Waals surface area (Å²) < 4.78 is 103. The second kappa shape index (κ2) is 46.2. The van der Waals surface area contributed by atoms with Gasteiger partial charge in [0.25, 0.3) is 16.7 Å². The van der Waals surface area contributed by atoms with Crippen LogP contribution in [0.4, 0.5) is 42.1 Å². The number of aromatic nitrogens is 14. The van der Waals surface area contributed by atoms with E-state index >= 15 is 0 Å². The van der Waals surface area contributed by atoms with Gasteiger partial charge in [-0.3, -0.25) is 42.5 Å². The third kappa shape index (κ3) is 26.4. The monoisotopic (exact) mass is 1930 g/mol. The van der Waals surface area contributed by atoms with Crippen molar-refractivity contribution in [2.75, 3.05) is 11.5 Å². The molecule has 4 fully saturated rings. The van der Waals surface area contributed by atoms with Gasteiger partial charge in [0.1, 0.15) is 97.4 Å². The predicted molar refractivity (Wildman–Crippen MR) is 510 cm³/mol. The normalized spacial score (nSPS) is 14.5. The molecule has 0 aliphatic heterocycles. The maximum Gasteiger partial charge on any atom is 0.490 e. The summed E-state index contributed by atoms with van der Waals surface area (Å²) in [6, 6.07) is 54.1. The van der Waals surface area contributed by atoms with E-state index in [9.17, 15) is 64.3 Å². The molecule has 0 amide bonds. The largest absolute Gasteiger partial charge is 0.490 e. The van der Waals surface area contributed by atoms with Gasteiger partial charge in [-0.2, -0.15) is 13.2 Å². The number of benzene rings is 8. The van der Waals surface area contributed by atoms with E-state index in [2.05, 4.69) is 44.9 Å². The van der Waals surface area contributed by atoms with Crippen molar-refractivity contribution < 1.29 is 79.5 Å². The number of para-hydroxylation sites is 4. The maximum atomic E-state index is 14.7. The molecule has 7 aromatic heterocycles. The van der Waals surface area contributed by atoms with E-state index in [1.54, 1.807) is 80.2 Å². The van der Waals surface area contributed by atoms with E-state index in [1.807, 2.05) is 130 Å². The molecule has 15 aromatic rings.